The Bertz CT molecular complexity index is 661. The van der Waals surface area contributed by atoms with Crippen LogP contribution in [0.5, 0.6) is 0 Å². The van der Waals surface area contributed by atoms with Gasteiger partial charge in [-0.15, -0.1) is 6.58 Å². The van der Waals surface area contributed by atoms with Gasteiger partial charge in [-0.05, 0) is 17.0 Å². The molecule has 1 aromatic rings. The maximum atomic E-state index is 12.2. The SMILES string of the molecule is C=CCN(CCC(=O)Nc1ccccc1C(C)(C)C)S(C)(=O)=O. The summed E-state index contributed by atoms with van der Waals surface area (Å²) in [6.07, 6.45) is 2.73. The fourth-order valence-electron chi connectivity index (χ4n) is 2.22. The molecule has 0 aliphatic heterocycles. The first kappa shape index (κ1) is 19.4. The van der Waals surface area contributed by atoms with Gasteiger partial charge in [-0.25, -0.2) is 8.42 Å². The van der Waals surface area contributed by atoms with Crippen molar-refractivity contribution in [2.24, 2.45) is 0 Å². The predicted molar refractivity (Wildman–Crippen MR) is 95.0 cm³/mol. The Balaban J connectivity index is 2.77. The fourth-order valence-corrected chi connectivity index (χ4v) is 3.02. The predicted octanol–water partition coefficient (Wildman–Crippen LogP) is 2.76. The van der Waals surface area contributed by atoms with Crippen LogP contribution in [-0.4, -0.2) is 38.0 Å². The molecule has 6 heteroatoms. The van der Waals surface area contributed by atoms with Crippen molar-refractivity contribution in [2.75, 3.05) is 24.7 Å². The third-order valence-electron chi connectivity index (χ3n) is 3.40. The van der Waals surface area contributed by atoms with Crippen LogP contribution in [0.3, 0.4) is 0 Å². The van der Waals surface area contributed by atoms with Crippen molar-refractivity contribution < 1.29 is 13.2 Å². The summed E-state index contributed by atoms with van der Waals surface area (Å²) >= 11 is 0. The smallest absolute Gasteiger partial charge is 0.225 e. The van der Waals surface area contributed by atoms with E-state index in [1.54, 1.807) is 0 Å². The van der Waals surface area contributed by atoms with Gasteiger partial charge in [0, 0.05) is 25.2 Å². The van der Waals surface area contributed by atoms with Gasteiger partial charge in [0.2, 0.25) is 15.9 Å². The van der Waals surface area contributed by atoms with Gasteiger partial charge in [-0.1, -0.05) is 45.0 Å². The molecule has 0 aliphatic rings. The molecule has 0 saturated heterocycles. The molecule has 0 radical (unpaired) electrons. The first-order valence-corrected chi connectivity index (χ1v) is 9.36. The van der Waals surface area contributed by atoms with E-state index in [2.05, 4.69) is 32.7 Å². The maximum absolute atomic E-state index is 12.2. The summed E-state index contributed by atoms with van der Waals surface area (Å²) in [6.45, 7) is 10.1. The Hall–Kier alpha value is -1.66. The molecule has 1 rings (SSSR count). The van der Waals surface area contributed by atoms with Gasteiger partial charge in [0.1, 0.15) is 0 Å². The van der Waals surface area contributed by atoms with Crippen LogP contribution >= 0.6 is 0 Å². The highest BCUT2D eigenvalue weighted by Gasteiger charge is 2.20. The lowest BCUT2D eigenvalue weighted by atomic mass is 9.86. The molecule has 0 saturated carbocycles. The van der Waals surface area contributed by atoms with E-state index < -0.39 is 10.0 Å². The van der Waals surface area contributed by atoms with Crippen LogP contribution in [0.25, 0.3) is 0 Å². The summed E-state index contributed by atoms with van der Waals surface area (Å²) < 4.78 is 24.5. The molecule has 0 aliphatic carbocycles. The third kappa shape index (κ3) is 6.15. The van der Waals surface area contributed by atoms with Crippen LogP contribution in [0.4, 0.5) is 5.69 Å². The van der Waals surface area contributed by atoms with Gasteiger partial charge in [0.15, 0.2) is 0 Å². The molecule has 0 atom stereocenters. The summed E-state index contributed by atoms with van der Waals surface area (Å²) in [5, 5.41) is 2.88. The fraction of sp³-hybridized carbons (Fsp3) is 0.471. The second kappa shape index (κ2) is 7.75. The van der Waals surface area contributed by atoms with Crippen molar-refractivity contribution in [3.8, 4) is 0 Å². The van der Waals surface area contributed by atoms with Crippen LogP contribution in [0.15, 0.2) is 36.9 Å². The van der Waals surface area contributed by atoms with Crippen LogP contribution in [0, 0.1) is 0 Å². The Labute approximate surface area is 139 Å². The lowest BCUT2D eigenvalue weighted by molar-refractivity contribution is -0.116. The zero-order chi connectivity index (χ0) is 17.7. The summed E-state index contributed by atoms with van der Waals surface area (Å²) in [5.41, 5.74) is 1.71. The Morgan fingerprint density at radius 1 is 1.30 bits per heavy atom. The monoisotopic (exact) mass is 338 g/mol. The number of amides is 1. The van der Waals surface area contributed by atoms with Crippen LogP contribution in [0.1, 0.15) is 32.8 Å². The number of hydrogen-bond acceptors (Lipinski definition) is 3. The van der Waals surface area contributed by atoms with Crippen molar-refractivity contribution in [1.29, 1.82) is 0 Å². The standard InChI is InChI=1S/C17H26N2O3S/c1-6-12-19(23(5,21)22)13-11-16(20)18-15-10-8-7-9-14(15)17(2,3)4/h6-10H,1,11-13H2,2-5H3,(H,18,20). The minimum atomic E-state index is -3.34. The molecule has 0 aromatic heterocycles. The molecule has 0 spiro atoms. The molecule has 1 aromatic carbocycles. The number of anilines is 1. The lowest BCUT2D eigenvalue weighted by Gasteiger charge is -2.23. The normalized spacial score (nSPS) is 12.2. The summed E-state index contributed by atoms with van der Waals surface area (Å²) in [5.74, 6) is -0.209. The quantitative estimate of drug-likeness (QED) is 0.777. The number of benzene rings is 1. The van der Waals surface area contributed by atoms with Crippen molar-refractivity contribution in [1.82, 2.24) is 4.31 Å². The molecule has 5 nitrogen and oxygen atoms in total. The molecule has 23 heavy (non-hydrogen) atoms. The minimum Gasteiger partial charge on any atom is -0.326 e. The van der Waals surface area contributed by atoms with Crippen LogP contribution in [-0.2, 0) is 20.2 Å². The first-order chi connectivity index (χ1) is 10.6. The number of carbonyl (C=O) groups excluding carboxylic acids is 1. The molecular weight excluding hydrogens is 312 g/mol. The topological polar surface area (TPSA) is 66.5 Å². The number of nitrogens with one attached hydrogen (secondary N) is 1. The molecule has 0 heterocycles. The van der Waals surface area contributed by atoms with E-state index in [0.717, 1.165) is 17.5 Å². The van der Waals surface area contributed by atoms with E-state index in [1.807, 2.05) is 24.3 Å². The molecule has 0 bridgehead atoms. The van der Waals surface area contributed by atoms with Gasteiger partial charge in [-0.3, -0.25) is 4.79 Å². The highest BCUT2D eigenvalue weighted by molar-refractivity contribution is 7.88. The van der Waals surface area contributed by atoms with E-state index in [1.165, 1.54) is 10.4 Å². The lowest BCUT2D eigenvalue weighted by Crippen LogP contribution is -2.33. The largest absolute Gasteiger partial charge is 0.326 e. The third-order valence-corrected chi connectivity index (χ3v) is 4.67. The van der Waals surface area contributed by atoms with Crippen LogP contribution in [0.2, 0.25) is 0 Å². The second-order valence-corrected chi connectivity index (χ2v) is 8.49. The number of sulfonamides is 1. The molecule has 1 amide bonds. The summed E-state index contributed by atoms with van der Waals surface area (Å²) in [7, 11) is -3.34. The number of para-hydroxylation sites is 1. The van der Waals surface area contributed by atoms with Gasteiger partial charge in [-0.2, -0.15) is 4.31 Å². The number of hydrogen-bond donors (Lipinski definition) is 1. The minimum absolute atomic E-state index is 0.0918. The van der Waals surface area contributed by atoms with Crippen LogP contribution < -0.4 is 5.32 Å². The van der Waals surface area contributed by atoms with E-state index >= 15 is 0 Å². The second-order valence-electron chi connectivity index (χ2n) is 6.50. The first-order valence-electron chi connectivity index (χ1n) is 7.51. The van der Waals surface area contributed by atoms with Gasteiger partial charge in [0.25, 0.3) is 0 Å². The van der Waals surface area contributed by atoms with E-state index in [-0.39, 0.29) is 30.8 Å². The molecule has 0 unspecified atom stereocenters. The Morgan fingerprint density at radius 3 is 2.43 bits per heavy atom. The number of carbonyl (C=O) groups is 1. The number of rotatable bonds is 7. The Kier molecular flexibility index (Phi) is 6.53. The molecule has 1 N–H and O–H groups in total. The van der Waals surface area contributed by atoms with Crippen molar-refractivity contribution in [2.45, 2.75) is 32.6 Å². The highest BCUT2D eigenvalue weighted by atomic mass is 32.2. The maximum Gasteiger partial charge on any atom is 0.225 e. The van der Waals surface area contributed by atoms with Gasteiger partial charge in [0.05, 0.1) is 6.26 Å². The summed E-state index contributed by atoms with van der Waals surface area (Å²) in [4.78, 5) is 12.2. The zero-order valence-corrected chi connectivity index (χ0v) is 15.1. The number of nitrogens with zero attached hydrogens (tertiary/aromatic N) is 1. The average molecular weight is 338 g/mol. The van der Waals surface area contributed by atoms with E-state index in [9.17, 15) is 13.2 Å². The summed E-state index contributed by atoms with van der Waals surface area (Å²) in [6, 6.07) is 7.64. The molecule has 0 fully saturated rings. The van der Waals surface area contributed by atoms with Gasteiger partial charge >= 0.3 is 0 Å². The molecular formula is C17H26N2O3S. The van der Waals surface area contributed by atoms with Crippen molar-refractivity contribution in [3.05, 3.63) is 42.5 Å². The van der Waals surface area contributed by atoms with E-state index in [0.29, 0.717) is 0 Å². The van der Waals surface area contributed by atoms with Gasteiger partial charge < -0.3 is 5.32 Å². The van der Waals surface area contributed by atoms with E-state index in [4.69, 9.17) is 0 Å². The molecule has 128 valence electrons. The van der Waals surface area contributed by atoms with Crippen molar-refractivity contribution >= 4 is 21.6 Å². The Morgan fingerprint density at radius 2 is 1.91 bits per heavy atom. The van der Waals surface area contributed by atoms with Crippen molar-refractivity contribution in [3.63, 3.8) is 0 Å². The highest BCUT2D eigenvalue weighted by Crippen LogP contribution is 2.29. The average Bonchev–Trinajstić information content (AvgIpc) is 2.41. The zero-order valence-electron chi connectivity index (χ0n) is 14.3.